The van der Waals surface area contributed by atoms with Crippen LogP contribution >= 0.6 is 0 Å². The lowest BCUT2D eigenvalue weighted by Crippen LogP contribution is -2.27. The molecule has 0 radical (unpaired) electrons. The number of aromatic carboxylic acids is 1. The third-order valence-electron chi connectivity index (χ3n) is 3.84. The maximum absolute atomic E-state index is 13.4. The van der Waals surface area contributed by atoms with Crippen LogP contribution in [-0.4, -0.2) is 20.5 Å². The minimum absolute atomic E-state index is 0.0286. The molecule has 1 aromatic rings. The fourth-order valence-corrected chi connectivity index (χ4v) is 4.86. The Hall–Kier alpha value is -1.23. The molecule has 0 heterocycles. The number of carbonyl (C=O) groups is 1. The predicted molar refractivity (Wildman–Crippen MR) is 75.7 cm³/mol. The van der Waals surface area contributed by atoms with Gasteiger partial charge in [0.25, 0.3) is 0 Å². The Labute approximate surface area is 120 Å². The van der Waals surface area contributed by atoms with Gasteiger partial charge in [0.15, 0.2) is 0 Å². The fraction of sp³-hybridized carbons (Fsp3) is 0.533. The number of carboxylic acid groups (broad SMARTS) is 1. The molecular weight excluding hydrogens is 279 g/mol. The van der Waals surface area contributed by atoms with E-state index < -0.39 is 28.1 Å². The fourth-order valence-electron chi connectivity index (χ4n) is 3.03. The molecule has 5 heteroatoms. The standard InChI is InChI=1S/C15H19FO3S/c1-9-5-10(2)7-12(6-9)20(19)11-3-4-14(16)13(8-11)15(17)18/h3-4,8-10,12H,5-7H2,1-2H3,(H,17,18). The first-order valence-corrected chi connectivity index (χ1v) is 8.03. The van der Waals surface area contributed by atoms with Crippen LogP contribution in [0.1, 0.15) is 43.5 Å². The van der Waals surface area contributed by atoms with Gasteiger partial charge in [-0.25, -0.2) is 9.18 Å². The SMILES string of the molecule is CC1CC(C)CC(S(=O)c2ccc(F)c(C(=O)O)c2)C1. The maximum Gasteiger partial charge on any atom is 0.338 e. The maximum atomic E-state index is 13.4. The number of hydrogen-bond donors (Lipinski definition) is 1. The average molecular weight is 298 g/mol. The molecule has 3 nitrogen and oxygen atoms in total. The number of carboxylic acids is 1. The molecule has 0 saturated heterocycles. The van der Waals surface area contributed by atoms with E-state index in [4.69, 9.17) is 5.11 Å². The zero-order valence-electron chi connectivity index (χ0n) is 11.6. The minimum Gasteiger partial charge on any atom is -0.478 e. The van der Waals surface area contributed by atoms with Crippen molar-refractivity contribution in [1.29, 1.82) is 0 Å². The van der Waals surface area contributed by atoms with Gasteiger partial charge in [-0.2, -0.15) is 0 Å². The van der Waals surface area contributed by atoms with Crippen molar-refractivity contribution < 1.29 is 18.5 Å². The van der Waals surface area contributed by atoms with Gasteiger partial charge in [-0.1, -0.05) is 13.8 Å². The molecule has 3 unspecified atom stereocenters. The van der Waals surface area contributed by atoms with Gasteiger partial charge in [-0.3, -0.25) is 4.21 Å². The Bertz CT molecular complexity index is 534. The molecule has 0 spiro atoms. The molecule has 3 atom stereocenters. The van der Waals surface area contributed by atoms with Crippen LogP contribution in [0.4, 0.5) is 4.39 Å². The molecule has 2 rings (SSSR count). The summed E-state index contributed by atoms with van der Waals surface area (Å²) in [4.78, 5) is 11.4. The Morgan fingerprint density at radius 2 is 1.85 bits per heavy atom. The van der Waals surface area contributed by atoms with Gasteiger partial charge < -0.3 is 5.11 Å². The van der Waals surface area contributed by atoms with Crippen molar-refractivity contribution in [3.05, 3.63) is 29.6 Å². The average Bonchev–Trinajstić information content (AvgIpc) is 2.37. The summed E-state index contributed by atoms with van der Waals surface area (Å²) < 4.78 is 25.9. The predicted octanol–water partition coefficient (Wildman–Crippen LogP) is 3.46. The molecule has 1 saturated carbocycles. The van der Waals surface area contributed by atoms with Crippen LogP contribution in [0.25, 0.3) is 0 Å². The van der Waals surface area contributed by atoms with Crippen LogP contribution in [-0.2, 0) is 10.8 Å². The third kappa shape index (κ3) is 3.26. The van der Waals surface area contributed by atoms with E-state index in [0.29, 0.717) is 16.7 Å². The van der Waals surface area contributed by atoms with Crippen LogP contribution < -0.4 is 0 Å². The molecule has 20 heavy (non-hydrogen) atoms. The van der Waals surface area contributed by atoms with Crippen LogP contribution in [0.3, 0.4) is 0 Å². The summed E-state index contributed by atoms with van der Waals surface area (Å²) in [7, 11) is -1.28. The first-order valence-electron chi connectivity index (χ1n) is 6.82. The zero-order valence-corrected chi connectivity index (χ0v) is 12.5. The van der Waals surface area contributed by atoms with Crippen molar-refractivity contribution in [1.82, 2.24) is 0 Å². The van der Waals surface area contributed by atoms with E-state index in [1.54, 1.807) is 0 Å². The number of rotatable bonds is 3. The van der Waals surface area contributed by atoms with Crippen LogP contribution in [0, 0.1) is 17.7 Å². The van der Waals surface area contributed by atoms with Gasteiger partial charge in [0.2, 0.25) is 0 Å². The monoisotopic (exact) mass is 298 g/mol. The first-order chi connectivity index (χ1) is 9.38. The lowest BCUT2D eigenvalue weighted by molar-refractivity contribution is 0.0691. The Balaban J connectivity index is 2.25. The Morgan fingerprint density at radius 3 is 2.40 bits per heavy atom. The molecule has 1 aliphatic rings. The van der Waals surface area contributed by atoms with Gasteiger partial charge in [0.05, 0.1) is 16.4 Å². The number of benzene rings is 1. The van der Waals surface area contributed by atoms with Gasteiger partial charge in [-0.05, 0) is 49.3 Å². The number of halogens is 1. The van der Waals surface area contributed by atoms with Crippen LogP contribution in [0.5, 0.6) is 0 Å². The molecular formula is C15H19FO3S. The normalized spacial score (nSPS) is 28.1. The summed E-state index contributed by atoms with van der Waals surface area (Å²) >= 11 is 0. The summed E-state index contributed by atoms with van der Waals surface area (Å²) in [6, 6.07) is 3.73. The summed E-state index contributed by atoms with van der Waals surface area (Å²) in [5.41, 5.74) is -0.409. The molecule has 1 fully saturated rings. The van der Waals surface area contributed by atoms with Gasteiger partial charge in [0, 0.05) is 10.1 Å². The van der Waals surface area contributed by atoms with Crippen LogP contribution in [0.15, 0.2) is 23.1 Å². The largest absolute Gasteiger partial charge is 0.478 e. The Morgan fingerprint density at radius 1 is 1.25 bits per heavy atom. The highest BCUT2D eigenvalue weighted by Gasteiger charge is 2.29. The van der Waals surface area contributed by atoms with Crippen molar-refractivity contribution in [2.45, 2.75) is 43.3 Å². The minimum atomic E-state index is -1.33. The third-order valence-corrected chi connectivity index (χ3v) is 5.55. The second-order valence-electron chi connectivity index (χ2n) is 5.78. The van der Waals surface area contributed by atoms with Crippen molar-refractivity contribution in [2.24, 2.45) is 11.8 Å². The highest BCUT2D eigenvalue weighted by molar-refractivity contribution is 7.85. The molecule has 0 amide bonds. The Kier molecular flexibility index (Phi) is 4.58. The van der Waals surface area contributed by atoms with E-state index in [9.17, 15) is 13.4 Å². The molecule has 110 valence electrons. The molecule has 0 bridgehead atoms. The van der Waals surface area contributed by atoms with Crippen molar-refractivity contribution >= 4 is 16.8 Å². The van der Waals surface area contributed by atoms with Gasteiger partial charge in [-0.15, -0.1) is 0 Å². The summed E-state index contributed by atoms with van der Waals surface area (Å²) in [6.45, 7) is 4.29. The van der Waals surface area contributed by atoms with E-state index in [1.807, 2.05) is 0 Å². The summed E-state index contributed by atoms with van der Waals surface area (Å²) in [5, 5.41) is 8.96. The summed E-state index contributed by atoms with van der Waals surface area (Å²) in [6.07, 6.45) is 2.88. The smallest absolute Gasteiger partial charge is 0.338 e. The molecule has 1 aromatic carbocycles. The second-order valence-corrected chi connectivity index (χ2v) is 7.52. The van der Waals surface area contributed by atoms with Gasteiger partial charge >= 0.3 is 5.97 Å². The van der Waals surface area contributed by atoms with E-state index in [-0.39, 0.29) is 5.25 Å². The molecule has 1 N–H and O–H groups in total. The molecule has 1 aliphatic carbocycles. The highest BCUT2D eigenvalue weighted by Crippen LogP contribution is 2.33. The lowest BCUT2D eigenvalue weighted by atomic mass is 9.83. The topological polar surface area (TPSA) is 54.4 Å². The van der Waals surface area contributed by atoms with E-state index in [1.165, 1.54) is 12.1 Å². The quantitative estimate of drug-likeness (QED) is 0.929. The lowest BCUT2D eigenvalue weighted by Gasteiger charge is -2.30. The van der Waals surface area contributed by atoms with Crippen molar-refractivity contribution in [2.75, 3.05) is 0 Å². The number of hydrogen-bond acceptors (Lipinski definition) is 2. The van der Waals surface area contributed by atoms with E-state index in [0.717, 1.165) is 25.3 Å². The molecule has 0 aliphatic heterocycles. The highest BCUT2D eigenvalue weighted by atomic mass is 32.2. The van der Waals surface area contributed by atoms with E-state index >= 15 is 0 Å². The van der Waals surface area contributed by atoms with E-state index in [2.05, 4.69) is 13.8 Å². The second kappa shape index (κ2) is 6.04. The zero-order chi connectivity index (χ0) is 14.9. The van der Waals surface area contributed by atoms with Crippen LogP contribution in [0.2, 0.25) is 0 Å². The van der Waals surface area contributed by atoms with Gasteiger partial charge in [0.1, 0.15) is 5.82 Å². The van der Waals surface area contributed by atoms with Crippen molar-refractivity contribution in [3.8, 4) is 0 Å². The van der Waals surface area contributed by atoms with Crippen molar-refractivity contribution in [3.63, 3.8) is 0 Å². The first kappa shape index (κ1) is 15.2. The summed E-state index contributed by atoms with van der Waals surface area (Å²) in [5.74, 6) is -1.07. The molecule has 0 aromatic heterocycles.